The molecule has 2 aromatic rings. The van der Waals surface area contributed by atoms with Crippen molar-refractivity contribution in [2.24, 2.45) is 0 Å². The Morgan fingerprint density at radius 2 is 1.75 bits per heavy atom. The molecule has 1 fully saturated rings. The lowest BCUT2D eigenvalue weighted by Crippen LogP contribution is -2.18. The molecular weight excluding hydrogens is 351 g/mol. The van der Waals surface area contributed by atoms with Crippen molar-refractivity contribution in [1.29, 1.82) is 0 Å². The number of nitrogens with zero attached hydrogens (tertiary/aromatic N) is 1. The van der Waals surface area contributed by atoms with E-state index in [0.717, 1.165) is 18.8 Å². The molecular formula is C17H18ClFN2O2S. The second kappa shape index (κ2) is 6.99. The Labute approximate surface area is 146 Å². The van der Waals surface area contributed by atoms with Crippen LogP contribution in [0.25, 0.3) is 0 Å². The van der Waals surface area contributed by atoms with Gasteiger partial charge in [0.25, 0.3) is 0 Å². The number of anilines is 2. The first-order valence-corrected chi connectivity index (χ1v) is 9.76. The van der Waals surface area contributed by atoms with Gasteiger partial charge in [-0.25, -0.2) is 12.8 Å². The van der Waals surface area contributed by atoms with E-state index in [-0.39, 0.29) is 10.6 Å². The van der Waals surface area contributed by atoms with Crippen LogP contribution < -0.4 is 9.62 Å². The van der Waals surface area contributed by atoms with E-state index in [1.807, 2.05) is 12.1 Å². The van der Waals surface area contributed by atoms with Crippen molar-refractivity contribution in [3.63, 3.8) is 0 Å². The molecule has 0 radical (unpaired) electrons. The molecule has 0 unspecified atom stereocenters. The third kappa shape index (κ3) is 3.99. The summed E-state index contributed by atoms with van der Waals surface area (Å²) in [5.41, 5.74) is 1.50. The summed E-state index contributed by atoms with van der Waals surface area (Å²) in [6, 6.07) is 11.3. The van der Waals surface area contributed by atoms with Gasteiger partial charge in [-0.3, -0.25) is 4.72 Å². The van der Waals surface area contributed by atoms with Gasteiger partial charge in [0, 0.05) is 35.1 Å². The maximum Gasteiger partial charge on any atom is 0.237 e. The fourth-order valence-electron chi connectivity index (χ4n) is 2.79. The van der Waals surface area contributed by atoms with E-state index in [1.165, 1.54) is 31.0 Å². The summed E-state index contributed by atoms with van der Waals surface area (Å²) in [4.78, 5) is 2.26. The Morgan fingerprint density at radius 3 is 2.38 bits per heavy atom. The molecule has 0 saturated carbocycles. The minimum absolute atomic E-state index is 0.0275. The molecule has 0 atom stereocenters. The van der Waals surface area contributed by atoms with Crippen LogP contribution in [0.1, 0.15) is 18.4 Å². The SMILES string of the molecule is O=S(=O)(Cc1c(F)cccc1Cl)Nc1ccc(N2CCCC2)cc1. The van der Waals surface area contributed by atoms with Gasteiger partial charge in [-0.15, -0.1) is 0 Å². The Kier molecular flexibility index (Phi) is 4.96. The van der Waals surface area contributed by atoms with Gasteiger partial charge in [0.2, 0.25) is 10.0 Å². The van der Waals surface area contributed by atoms with E-state index >= 15 is 0 Å². The second-order valence-corrected chi connectivity index (χ2v) is 7.93. The van der Waals surface area contributed by atoms with Crippen molar-refractivity contribution in [1.82, 2.24) is 0 Å². The molecule has 1 aliphatic heterocycles. The summed E-state index contributed by atoms with van der Waals surface area (Å²) in [6.07, 6.45) is 2.36. The fourth-order valence-corrected chi connectivity index (χ4v) is 4.34. The molecule has 0 bridgehead atoms. The zero-order chi connectivity index (χ0) is 17.2. The molecule has 0 amide bonds. The molecule has 0 spiro atoms. The van der Waals surface area contributed by atoms with Crippen LogP contribution >= 0.6 is 11.6 Å². The summed E-state index contributed by atoms with van der Waals surface area (Å²) in [7, 11) is -3.75. The number of nitrogens with one attached hydrogen (secondary N) is 1. The van der Waals surface area contributed by atoms with Crippen molar-refractivity contribution >= 4 is 33.0 Å². The monoisotopic (exact) mass is 368 g/mol. The summed E-state index contributed by atoms with van der Waals surface area (Å²) < 4.78 is 40.8. The van der Waals surface area contributed by atoms with Crippen molar-refractivity contribution in [2.75, 3.05) is 22.7 Å². The van der Waals surface area contributed by atoms with Crippen LogP contribution in [0.4, 0.5) is 15.8 Å². The highest BCUT2D eigenvalue weighted by Gasteiger charge is 2.18. The predicted molar refractivity (Wildman–Crippen MR) is 95.5 cm³/mol. The lowest BCUT2D eigenvalue weighted by Gasteiger charge is -2.18. The Balaban J connectivity index is 1.72. The lowest BCUT2D eigenvalue weighted by molar-refractivity contribution is 0.591. The number of sulfonamides is 1. The van der Waals surface area contributed by atoms with E-state index in [4.69, 9.17) is 11.6 Å². The van der Waals surface area contributed by atoms with E-state index < -0.39 is 21.6 Å². The smallest absolute Gasteiger partial charge is 0.237 e. The minimum Gasteiger partial charge on any atom is -0.372 e. The van der Waals surface area contributed by atoms with Crippen molar-refractivity contribution < 1.29 is 12.8 Å². The van der Waals surface area contributed by atoms with E-state index in [9.17, 15) is 12.8 Å². The normalized spacial score (nSPS) is 14.8. The van der Waals surface area contributed by atoms with Gasteiger partial charge < -0.3 is 4.90 Å². The molecule has 128 valence electrons. The van der Waals surface area contributed by atoms with E-state index in [0.29, 0.717) is 5.69 Å². The Hall–Kier alpha value is -1.79. The predicted octanol–water partition coefficient (Wildman–Crippen LogP) is 4.02. The molecule has 7 heteroatoms. The first-order chi connectivity index (χ1) is 11.4. The topological polar surface area (TPSA) is 49.4 Å². The van der Waals surface area contributed by atoms with Crippen LogP contribution in [0.15, 0.2) is 42.5 Å². The van der Waals surface area contributed by atoms with Crippen LogP contribution in [0.5, 0.6) is 0 Å². The molecule has 3 rings (SSSR count). The maximum absolute atomic E-state index is 13.8. The van der Waals surface area contributed by atoms with Crippen LogP contribution in [0.3, 0.4) is 0 Å². The summed E-state index contributed by atoms with van der Waals surface area (Å²) in [5.74, 6) is -1.14. The summed E-state index contributed by atoms with van der Waals surface area (Å²) in [6.45, 7) is 2.05. The van der Waals surface area contributed by atoms with Gasteiger partial charge in [0.05, 0.1) is 5.75 Å². The number of hydrogen-bond donors (Lipinski definition) is 1. The highest BCUT2D eigenvalue weighted by atomic mass is 35.5. The molecule has 1 N–H and O–H groups in total. The molecule has 0 aromatic heterocycles. The molecule has 24 heavy (non-hydrogen) atoms. The average molecular weight is 369 g/mol. The largest absolute Gasteiger partial charge is 0.372 e. The van der Waals surface area contributed by atoms with Crippen LogP contribution in [0, 0.1) is 5.82 Å². The van der Waals surface area contributed by atoms with Gasteiger partial charge in [0.15, 0.2) is 0 Å². The Morgan fingerprint density at radius 1 is 1.08 bits per heavy atom. The van der Waals surface area contributed by atoms with E-state index in [1.54, 1.807) is 12.1 Å². The minimum atomic E-state index is -3.75. The Bertz CT molecular complexity index is 799. The van der Waals surface area contributed by atoms with Gasteiger partial charge >= 0.3 is 0 Å². The van der Waals surface area contributed by atoms with Gasteiger partial charge in [-0.1, -0.05) is 17.7 Å². The van der Waals surface area contributed by atoms with E-state index in [2.05, 4.69) is 9.62 Å². The highest BCUT2D eigenvalue weighted by molar-refractivity contribution is 7.91. The third-order valence-corrected chi connectivity index (χ3v) is 5.58. The molecule has 1 saturated heterocycles. The first kappa shape index (κ1) is 17.0. The maximum atomic E-state index is 13.8. The van der Waals surface area contributed by atoms with Crippen LogP contribution in [-0.4, -0.2) is 21.5 Å². The second-order valence-electron chi connectivity index (χ2n) is 5.80. The van der Waals surface area contributed by atoms with Gasteiger partial charge in [0.1, 0.15) is 5.82 Å². The zero-order valence-corrected chi connectivity index (χ0v) is 14.6. The van der Waals surface area contributed by atoms with Crippen molar-refractivity contribution in [2.45, 2.75) is 18.6 Å². The number of halogens is 2. The zero-order valence-electron chi connectivity index (χ0n) is 13.0. The molecule has 1 aliphatic rings. The standard InChI is InChI=1S/C17H18ClFN2O2S/c18-16-4-3-5-17(19)15(16)12-24(22,23)20-13-6-8-14(9-7-13)21-10-1-2-11-21/h3-9,20H,1-2,10-12H2. The number of benzene rings is 2. The summed E-state index contributed by atoms with van der Waals surface area (Å²) >= 11 is 5.89. The van der Waals surface area contributed by atoms with Crippen molar-refractivity contribution in [3.05, 3.63) is 58.9 Å². The number of rotatable bonds is 5. The highest BCUT2D eigenvalue weighted by Crippen LogP contribution is 2.25. The average Bonchev–Trinajstić information content (AvgIpc) is 3.06. The lowest BCUT2D eigenvalue weighted by atomic mass is 10.2. The third-order valence-electron chi connectivity index (χ3n) is 4.01. The molecule has 0 aliphatic carbocycles. The van der Waals surface area contributed by atoms with Crippen molar-refractivity contribution in [3.8, 4) is 0 Å². The molecule has 1 heterocycles. The molecule has 4 nitrogen and oxygen atoms in total. The fraction of sp³-hybridized carbons (Fsp3) is 0.294. The van der Waals surface area contributed by atoms with Crippen LogP contribution in [0.2, 0.25) is 5.02 Å². The van der Waals surface area contributed by atoms with Crippen LogP contribution in [-0.2, 0) is 15.8 Å². The van der Waals surface area contributed by atoms with Gasteiger partial charge in [-0.2, -0.15) is 0 Å². The first-order valence-electron chi connectivity index (χ1n) is 7.73. The quantitative estimate of drug-likeness (QED) is 0.867. The van der Waals surface area contributed by atoms with Gasteiger partial charge in [-0.05, 0) is 49.2 Å². The number of hydrogen-bond acceptors (Lipinski definition) is 3. The summed E-state index contributed by atoms with van der Waals surface area (Å²) in [5, 5.41) is 0.102. The molecule has 2 aromatic carbocycles.